The van der Waals surface area contributed by atoms with Crippen LogP contribution in [-0.4, -0.2) is 28.4 Å². The highest BCUT2D eigenvalue weighted by Gasteiger charge is 2.25. The van der Waals surface area contributed by atoms with Gasteiger partial charge in [0.2, 0.25) is 5.78 Å². The number of rotatable bonds is 6. The van der Waals surface area contributed by atoms with E-state index in [1.54, 1.807) is 26.0 Å². The molecule has 96 valence electrons. The molecule has 0 atom stereocenters. The van der Waals surface area contributed by atoms with E-state index >= 15 is 0 Å². The number of pyridine rings is 1. The van der Waals surface area contributed by atoms with Gasteiger partial charge in [0.1, 0.15) is 17.0 Å². The summed E-state index contributed by atoms with van der Waals surface area (Å²) >= 11 is 0. The van der Waals surface area contributed by atoms with Crippen molar-refractivity contribution in [2.45, 2.75) is 20.3 Å². The second-order valence-electron chi connectivity index (χ2n) is 3.43. The summed E-state index contributed by atoms with van der Waals surface area (Å²) in [6.45, 7) is 3.79. The predicted octanol–water partition coefficient (Wildman–Crippen LogP) is 2.05. The van der Waals surface area contributed by atoms with Crippen LogP contribution in [0.1, 0.15) is 30.8 Å². The summed E-state index contributed by atoms with van der Waals surface area (Å²) < 4.78 is 5.21. The van der Waals surface area contributed by atoms with Crippen LogP contribution in [0.5, 0.6) is 0 Å². The number of ketones is 1. The van der Waals surface area contributed by atoms with Crippen LogP contribution in [0.15, 0.2) is 35.7 Å². The average molecular weight is 249 g/mol. The maximum Gasteiger partial charge on any atom is 0.343 e. The first kappa shape index (κ1) is 13.9. The predicted molar refractivity (Wildman–Crippen MR) is 65.1 cm³/mol. The molecular formula is C13H15NO4. The minimum Gasteiger partial charge on any atom is -0.497 e. The second-order valence-corrected chi connectivity index (χ2v) is 3.43. The van der Waals surface area contributed by atoms with Gasteiger partial charge in [-0.2, -0.15) is 0 Å². The molecule has 5 nitrogen and oxygen atoms in total. The lowest BCUT2D eigenvalue weighted by Crippen LogP contribution is -2.17. The molecule has 0 saturated carbocycles. The topological polar surface area (TPSA) is 76.5 Å². The summed E-state index contributed by atoms with van der Waals surface area (Å²) in [4.78, 5) is 27.1. The van der Waals surface area contributed by atoms with E-state index in [0.29, 0.717) is 13.0 Å². The van der Waals surface area contributed by atoms with Gasteiger partial charge in [-0.15, -0.1) is 0 Å². The number of allylic oxidation sites excluding steroid dienone is 1. The first-order valence-electron chi connectivity index (χ1n) is 5.66. The Bertz CT molecular complexity index is 465. The van der Waals surface area contributed by atoms with Crippen LogP contribution in [0.4, 0.5) is 0 Å². The van der Waals surface area contributed by atoms with Gasteiger partial charge in [0.15, 0.2) is 0 Å². The number of carbonyl (C=O) groups excluding carboxylic acids is 1. The molecule has 0 bridgehead atoms. The smallest absolute Gasteiger partial charge is 0.343 e. The average Bonchev–Trinajstić information content (AvgIpc) is 2.38. The molecule has 0 saturated heterocycles. The molecule has 18 heavy (non-hydrogen) atoms. The number of aromatic nitrogens is 1. The number of Topliss-reactive ketones (excluding diaryl/α,β-unsaturated/α-hetero) is 1. The van der Waals surface area contributed by atoms with Crippen LogP contribution in [0.2, 0.25) is 0 Å². The number of carbonyl (C=O) groups is 2. The summed E-state index contributed by atoms with van der Waals surface area (Å²) in [5, 5.41) is 9.15. The molecule has 0 aromatic carbocycles. The van der Waals surface area contributed by atoms with E-state index in [2.05, 4.69) is 4.98 Å². The van der Waals surface area contributed by atoms with Gasteiger partial charge in [0.25, 0.3) is 0 Å². The lowest BCUT2D eigenvalue weighted by atomic mass is 10.1. The molecule has 0 fully saturated rings. The Morgan fingerprint density at radius 2 is 2.06 bits per heavy atom. The Kier molecular flexibility index (Phi) is 5.05. The molecule has 1 rings (SSSR count). The first-order chi connectivity index (χ1) is 8.61. The van der Waals surface area contributed by atoms with Gasteiger partial charge in [-0.3, -0.25) is 9.78 Å². The molecule has 1 aromatic rings. The fourth-order valence-electron chi connectivity index (χ4n) is 1.49. The van der Waals surface area contributed by atoms with Crippen LogP contribution in [-0.2, 0) is 9.53 Å². The van der Waals surface area contributed by atoms with Crippen LogP contribution < -0.4 is 0 Å². The van der Waals surface area contributed by atoms with Crippen molar-refractivity contribution in [1.29, 1.82) is 0 Å². The van der Waals surface area contributed by atoms with Crippen molar-refractivity contribution in [2.24, 2.45) is 0 Å². The number of carboxylic acid groups (broad SMARTS) is 1. The standard InChI is InChI=1S/C13H15NO4/c1-3-10(18-4-2)11(13(16)17)12(15)9-7-5-6-8-14-9/h5-8H,3-4H2,1-2H3,(H,16,17). The molecule has 1 N–H and O–H groups in total. The highest BCUT2D eigenvalue weighted by Crippen LogP contribution is 2.15. The van der Waals surface area contributed by atoms with Gasteiger partial charge in [-0.1, -0.05) is 13.0 Å². The van der Waals surface area contributed by atoms with Crippen molar-refractivity contribution < 1.29 is 19.4 Å². The SMILES string of the molecule is CCOC(CC)=C(C(=O)O)C(=O)c1ccccn1. The maximum absolute atomic E-state index is 12.1. The summed E-state index contributed by atoms with van der Waals surface area (Å²) in [6, 6.07) is 4.76. The summed E-state index contributed by atoms with van der Waals surface area (Å²) in [7, 11) is 0. The molecule has 0 unspecified atom stereocenters. The second kappa shape index (κ2) is 6.54. The number of nitrogens with zero attached hydrogens (tertiary/aromatic N) is 1. The number of hydrogen-bond donors (Lipinski definition) is 1. The summed E-state index contributed by atoms with van der Waals surface area (Å²) in [6.07, 6.45) is 1.78. The lowest BCUT2D eigenvalue weighted by molar-refractivity contribution is -0.132. The third-order valence-electron chi connectivity index (χ3n) is 2.26. The number of hydrogen-bond acceptors (Lipinski definition) is 4. The van der Waals surface area contributed by atoms with Gasteiger partial charge >= 0.3 is 5.97 Å². The molecule has 0 spiro atoms. The Labute approximate surface area is 105 Å². The Morgan fingerprint density at radius 3 is 2.50 bits per heavy atom. The number of ether oxygens (including phenoxy) is 1. The van der Waals surface area contributed by atoms with Gasteiger partial charge in [-0.25, -0.2) is 4.79 Å². The molecule has 0 aliphatic rings. The zero-order valence-electron chi connectivity index (χ0n) is 10.3. The third kappa shape index (κ3) is 3.16. The van der Waals surface area contributed by atoms with Crippen LogP contribution >= 0.6 is 0 Å². The molecule has 0 amide bonds. The van der Waals surface area contributed by atoms with E-state index in [0.717, 1.165) is 0 Å². The first-order valence-corrected chi connectivity index (χ1v) is 5.66. The van der Waals surface area contributed by atoms with Gasteiger partial charge < -0.3 is 9.84 Å². The van der Waals surface area contributed by atoms with Crippen molar-refractivity contribution in [3.05, 3.63) is 41.4 Å². The van der Waals surface area contributed by atoms with Crippen molar-refractivity contribution >= 4 is 11.8 Å². The van der Waals surface area contributed by atoms with E-state index in [4.69, 9.17) is 9.84 Å². The van der Waals surface area contributed by atoms with Gasteiger partial charge in [-0.05, 0) is 19.1 Å². The van der Waals surface area contributed by atoms with Crippen LogP contribution in [0, 0.1) is 0 Å². The normalized spacial score (nSPS) is 11.7. The van der Waals surface area contributed by atoms with E-state index in [1.165, 1.54) is 12.3 Å². The molecule has 1 aromatic heterocycles. The van der Waals surface area contributed by atoms with E-state index in [-0.39, 0.29) is 17.0 Å². The Balaban J connectivity index is 3.21. The number of aliphatic carboxylic acids is 1. The van der Waals surface area contributed by atoms with Crippen molar-refractivity contribution in [3.63, 3.8) is 0 Å². The van der Waals surface area contributed by atoms with Crippen LogP contribution in [0.25, 0.3) is 0 Å². The zero-order chi connectivity index (χ0) is 13.5. The van der Waals surface area contributed by atoms with E-state index in [1.807, 2.05) is 0 Å². The fourth-order valence-corrected chi connectivity index (χ4v) is 1.49. The fraction of sp³-hybridized carbons (Fsp3) is 0.308. The minimum absolute atomic E-state index is 0.0977. The minimum atomic E-state index is -1.30. The quantitative estimate of drug-likeness (QED) is 0.274. The largest absolute Gasteiger partial charge is 0.497 e. The maximum atomic E-state index is 12.1. The Hall–Kier alpha value is -2.17. The highest BCUT2D eigenvalue weighted by molar-refractivity contribution is 6.23. The van der Waals surface area contributed by atoms with Crippen LogP contribution in [0.3, 0.4) is 0 Å². The molecule has 1 heterocycles. The molecule has 0 aliphatic heterocycles. The zero-order valence-corrected chi connectivity index (χ0v) is 10.3. The van der Waals surface area contributed by atoms with Gasteiger partial charge in [0.05, 0.1) is 6.61 Å². The third-order valence-corrected chi connectivity index (χ3v) is 2.26. The van der Waals surface area contributed by atoms with Crippen molar-refractivity contribution in [2.75, 3.05) is 6.61 Å². The van der Waals surface area contributed by atoms with Crippen molar-refractivity contribution in [3.8, 4) is 0 Å². The van der Waals surface area contributed by atoms with Crippen molar-refractivity contribution in [1.82, 2.24) is 4.98 Å². The van der Waals surface area contributed by atoms with Gasteiger partial charge in [0, 0.05) is 12.6 Å². The molecule has 5 heteroatoms. The molecular weight excluding hydrogens is 234 g/mol. The molecule has 0 aliphatic carbocycles. The highest BCUT2D eigenvalue weighted by atomic mass is 16.5. The van der Waals surface area contributed by atoms with E-state index in [9.17, 15) is 9.59 Å². The lowest BCUT2D eigenvalue weighted by Gasteiger charge is -2.10. The monoisotopic (exact) mass is 249 g/mol. The van der Waals surface area contributed by atoms with E-state index < -0.39 is 11.8 Å². The number of carboxylic acids is 1. The summed E-state index contributed by atoms with van der Waals surface area (Å²) in [5.74, 6) is -1.75. The summed E-state index contributed by atoms with van der Waals surface area (Å²) in [5.41, 5.74) is -0.251. The molecule has 0 radical (unpaired) electrons. The Morgan fingerprint density at radius 1 is 1.33 bits per heavy atom.